The Bertz CT molecular complexity index is 1090. The molecule has 1 aliphatic heterocycles. The number of sulfone groups is 1. The van der Waals surface area contributed by atoms with E-state index in [1.807, 2.05) is 24.3 Å². The average molecular weight is 399 g/mol. The molecule has 2 heterocycles. The third kappa shape index (κ3) is 3.13. The van der Waals surface area contributed by atoms with Gasteiger partial charge in [-0.1, -0.05) is 30.3 Å². The Morgan fingerprint density at radius 2 is 1.78 bits per heavy atom. The number of rotatable bonds is 4. The number of anilines is 1. The molecule has 0 fully saturated rings. The fourth-order valence-corrected chi connectivity index (χ4v) is 6.16. The van der Waals surface area contributed by atoms with Crippen molar-refractivity contribution < 1.29 is 17.9 Å². The summed E-state index contributed by atoms with van der Waals surface area (Å²) in [5, 5.41) is 4.39. The lowest BCUT2D eigenvalue weighted by atomic mass is 9.91. The van der Waals surface area contributed by atoms with E-state index in [1.54, 1.807) is 42.8 Å². The molecule has 1 amide bonds. The van der Waals surface area contributed by atoms with Crippen molar-refractivity contribution in [1.82, 2.24) is 0 Å². The highest BCUT2D eigenvalue weighted by Gasteiger charge is 2.34. The smallest absolute Gasteiger partial charge is 0.225 e. The molecule has 138 valence electrons. The van der Waals surface area contributed by atoms with E-state index in [9.17, 15) is 13.2 Å². The lowest BCUT2D eigenvalue weighted by Gasteiger charge is -2.24. The first-order chi connectivity index (χ1) is 13.0. The molecule has 4 rings (SSSR count). The first kappa shape index (κ1) is 17.8. The molecular weight excluding hydrogens is 382 g/mol. The Morgan fingerprint density at radius 1 is 1.07 bits per heavy atom. The molecular formula is C20H17NO4S2. The van der Waals surface area contributed by atoms with Crippen LogP contribution in [0.1, 0.15) is 22.8 Å². The number of methoxy groups -OCH3 is 1. The quantitative estimate of drug-likeness (QED) is 0.718. The molecule has 1 unspecified atom stereocenters. The summed E-state index contributed by atoms with van der Waals surface area (Å²) in [5.74, 6) is 0.369. The van der Waals surface area contributed by atoms with Crippen LogP contribution in [0.5, 0.6) is 5.75 Å². The highest BCUT2D eigenvalue weighted by molar-refractivity contribution is 7.91. The third-order valence-electron chi connectivity index (χ3n) is 4.62. The van der Waals surface area contributed by atoms with E-state index in [4.69, 9.17) is 4.74 Å². The molecule has 1 N–H and O–H groups in total. The Balaban J connectivity index is 1.80. The number of thiophene rings is 1. The number of benzene rings is 2. The van der Waals surface area contributed by atoms with E-state index < -0.39 is 9.84 Å². The van der Waals surface area contributed by atoms with Crippen LogP contribution in [0.15, 0.2) is 69.8 Å². The summed E-state index contributed by atoms with van der Waals surface area (Å²) in [5.41, 5.74) is 1.36. The molecule has 0 aliphatic carbocycles. The minimum atomic E-state index is -3.70. The van der Waals surface area contributed by atoms with Gasteiger partial charge in [0.1, 0.15) is 10.6 Å². The third-order valence-corrected chi connectivity index (χ3v) is 7.66. The van der Waals surface area contributed by atoms with Gasteiger partial charge in [0, 0.05) is 22.6 Å². The number of hydrogen-bond donors (Lipinski definition) is 1. The Labute approximate surface area is 161 Å². The van der Waals surface area contributed by atoms with Gasteiger partial charge < -0.3 is 10.1 Å². The van der Waals surface area contributed by atoms with Crippen molar-refractivity contribution >= 4 is 32.8 Å². The van der Waals surface area contributed by atoms with Gasteiger partial charge in [0.2, 0.25) is 15.7 Å². The number of fused-ring (bicyclic) bond motifs is 1. The van der Waals surface area contributed by atoms with Gasteiger partial charge >= 0.3 is 0 Å². The summed E-state index contributed by atoms with van der Waals surface area (Å²) >= 11 is 1.36. The number of carbonyl (C=O) groups is 1. The number of ether oxygens (including phenoxy) is 1. The molecule has 2 aromatic carbocycles. The van der Waals surface area contributed by atoms with E-state index in [2.05, 4.69) is 5.32 Å². The minimum absolute atomic E-state index is 0.153. The average Bonchev–Trinajstić information content (AvgIpc) is 3.12. The molecule has 0 saturated heterocycles. The summed E-state index contributed by atoms with van der Waals surface area (Å²) < 4.78 is 31.3. The fraction of sp³-hybridized carbons (Fsp3) is 0.150. The second-order valence-corrected chi connectivity index (χ2v) is 9.06. The van der Waals surface area contributed by atoms with Crippen molar-refractivity contribution in [3.05, 3.63) is 70.4 Å². The van der Waals surface area contributed by atoms with Gasteiger partial charge in [-0.25, -0.2) is 8.42 Å². The van der Waals surface area contributed by atoms with Crippen LogP contribution in [-0.2, 0) is 14.6 Å². The molecule has 0 bridgehead atoms. The van der Waals surface area contributed by atoms with Crippen LogP contribution in [0.2, 0.25) is 0 Å². The van der Waals surface area contributed by atoms with E-state index in [1.165, 1.54) is 11.3 Å². The van der Waals surface area contributed by atoms with Gasteiger partial charge in [-0.05, 0) is 29.8 Å². The molecule has 1 aliphatic rings. The van der Waals surface area contributed by atoms with Crippen molar-refractivity contribution in [3.8, 4) is 5.75 Å². The van der Waals surface area contributed by atoms with Gasteiger partial charge in [0.05, 0.1) is 17.7 Å². The predicted octanol–water partition coefficient (Wildman–Crippen LogP) is 4.06. The summed E-state index contributed by atoms with van der Waals surface area (Å²) in [4.78, 5) is 13.5. The van der Waals surface area contributed by atoms with Crippen molar-refractivity contribution in [3.63, 3.8) is 0 Å². The van der Waals surface area contributed by atoms with Gasteiger partial charge in [-0.3, -0.25) is 4.79 Å². The second-order valence-electron chi connectivity index (χ2n) is 6.23. The highest BCUT2D eigenvalue weighted by atomic mass is 32.2. The van der Waals surface area contributed by atoms with Crippen LogP contribution >= 0.6 is 11.3 Å². The topological polar surface area (TPSA) is 72.5 Å². The van der Waals surface area contributed by atoms with Crippen LogP contribution in [0.3, 0.4) is 0 Å². The number of carbonyl (C=O) groups excluding carboxylic acids is 1. The molecule has 7 heteroatoms. The molecule has 1 aromatic heterocycles. The highest BCUT2D eigenvalue weighted by Crippen LogP contribution is 2.45. The van der Waals surface area contributed by atoms with E-state index in [0.29, 0.717) is 5.69 Å². The molecule has 0 spiro atoms. The van der Waals surface area contributed by atoms with Crippen LogP contribution in [0.25, 0.3) is 0 Å². The molecule has 27 heavy (non-hydrogen) atoms. The van der Waals surface area contributed by atoms with E-state index in [0.717, 1.165) is 16.2 Å². The van der Waals surface area contributed by atoms with Crippen LogP contribution in [0, 0.1) is 0 Å². The SMILES string of the molecule is COc1ccc(C2CC(=O)Nc3c(S(=O)(=O)c4ccccc4)csc32)cc1. The van der Waals surface area contributed by atoms with Gasteiger partial charge in [0.15, 0.2) is 0 Å². The maximum atomic E-state index is 13.0. The minimum Gasteiger partial charge on any atom is -0.497 e. The monoisotopic (exact) mass is 399 g/mol. The van der Waals surface area contributed by atoms with Gasteiger partial charge in [-0.2, -0.15) is 0 Å². The Kier molecular flexibility index (Phi) is 4.49. The molecule has 0 radical (unpaired) electrons. The maximum absolute atomic E-state index is 13.0. The Hall–Kier alpha value is -2.64. The number of hydrogen-bond acceptors (Lipinski definition) is 5. The first-order valence-corrected chi connectivity index (χ1v) is 10.7. The molecule has 3 aromatic rings. The zero-order valence-corrected chi connectivity index (χ0v) is 16.1. The normalized spacial score (nSPS) is 16.5. The summed E-state index contributed by atoms with van der Waals surface area (Å²) in [7, 11) is -2.10. The summed E-state index contributed by atoms with van der Waals surface area (Å²) in [6, 6.07) is 15.8. The number of nitrogens with one attached hydrogen (secondary N) is 1. The zero-order chi connectivity index (χ0) is 19.0. The Morgan fingerprint density at radius 3 is 2.44 bits per heavy atom. The molecule has 0 saturated carbocycles. The largest absolute Gasteiger partial charge is 0.497 e. The lowest BCUT2D eigenvalue weighted by molar-refractivity contribution is -0.116. The van der Waals surface area contributed by atoms with Gasteiger partial charge in [-0.15, -0.1) is 11.3 Å². The second kappa shape index (κ2) is 6.83. The first-order valence-electron chi connectivity index (χ1n) is 8.36. The standard InChI is InChI=1S/C20H17NO4S2/c1-25-14-9-7-13(8-10-14)16-11-18(22)21-19-17(12-26-20(16)19)27(23,24)15-5-3-2-4-6-15/h2-10,12,16H,11H2,1H3,(H,21,22). The van der Waals surface area contributed by atoms with Crippen LogP contribution in [-0.4, -0.2) is 21.4 Å². The van der Waals surface area contributed by atoms with Gasteiger partial charge in [0.25, 0.3) is 0 Å². The van der Waals surface area contributed by atoms with Crippen LogP contribution < -0.4 is 10.1 Å². The summed E-state index contributed by atoms with van der Waals surface area (Å²) in [6.07, 6.45) is 0.282. The summed E-state index contributed by atoms with van der Waals surface area (Å²) in [6.45, 7) is 0. The van der Waals surface area contributed by atoms with E-state index >= 15 is 0 Å². The van der Waals surface area contributed by atoms with Crippen molar-refractivity contribution in [2.24, 2.45) is 0 Å². The molecule has 1 atom stereocenters. The predicted molar refractivity (Wildman–Crippen MR) is 104 cm³/mol. The lowest BCUT2D eigenvalue weighted by Crippen LogP contribution is -2.23. The van der Waals surface area contributed by atoms with Crippen LogP contribution in [0.4, 0.5) is 5.69 Å². The maximum Gasteiger partial charge on any atom is 0.225 e. The van der Waals surface area contributed by atoms with Crippen molar-refractivity contribution in [1.29, 1.82) is 0 Å². The molecule has 5 nitrogen and oxygen atoms in total. The van der Waals surface area contributed by atoms with Crippen molar-refractivity contribution in [2.75, 3.05) is 12.4 Å². The fourth-order valence-electron chi connectivity index (χ4n) is 3.23. The zero-order valence-electron chi connectivity index (χ0n) is 14.5. The number of amides is 1. The van der Waals surface area contributed by atoms with E-state index in [-0.39, 0.29) is 28.0 Å². The van der Waals surface area contributed by atoms with Crippen molar-refractivity contribution in [2.45, 2.75) is 22.1 Å².